The molecule has 1 N–H and O–H groups in total. The Balaban J connectivity index is 1.71. The predicted molar refractivity (Wildman–Crippen MR) is 123 cm³/mol. The van der Waals surface area contributed by atoms with Crippen LogP contribution in [0.15, 0.2) is 71.6 Å². The number of anilines is 1. The van der Waals surface area contributed by atoms with Gasteiger partial charge in [-0.15, -0.1) is 0 Å². The third-order valence-electron chi connectivity index (χ3n) is 4.69. The molecule has 9 heteroatoms. The van der Waals surface area contributed by atoms with E-state index in [1.807, 2.05) is 13.0 Å². The van der Waals surface area contributed by atoms with Crippen molar-refractivity contribution in [2.45, 2.75) is 11.8 Å². The Morgan fingerprint density at radius 2 is 1.67 bits per heavy atom. The van der Waals surface area contributed by atoms with Gasteiger partial charge in [0.05, 0.1) is 30.2 Å². The van der Waals surface area contributed by atoms with Gasteiger partial charge in [0, 0.05) is 11.8 Å². The highest BCUT2D eigenvalue weighted by atomic mass is 32.2. The van der Waals surface area contributed by atoms with E-state index in [1.165, 1.54) is 44.6 Å². The van der Waals surface area contributed by atoms with Crippen LogP contribution >= 0.6 is 0 Å². The largest absolute Gasteiger partial charge is 0.497 e. The lowest BCUT2D eigenvalue weighted by molar-refractivity contribution is 0.0473. The molecule has 0 bridgehead atoms. The summed E-state index contributed by atoms with van der Waals surface area (Å²) in [6, 6.07) is 16.9. The van der Waals surface area contributed by atoms with Gasteiger partial charge in [-0.25, -0.2) is 13.2 Å². The molecule has 0 aliphatic heterocycles. The zero-order valence-corrected chi connectivity index (χ0v) is 19.1. The lowest BCUT2D eigenvalue weighted by atomic mass is 10.1. The van der Waals surface area contributed by atoms with Crippen LogP contribution < -0.4 is 14.2 Å². The van der Waals surface area contributed by atoms with E-state index in [4.69, 9.17) is 14.2 Å². The first-order valence-electron chi connectivity index (χ1n) is 9.85. The van der Waals surface area contributed by atoms with Crippen molar-refractivity contribution >= 4 is 27.5 Å². The van der Waals surface area contributed by atoms with Crippen molar-refractivity contribution in [3.05, 3.63) is 83.4 Å². The molecule has 3 aromatic rings. The Hall–Kier alpha value is -3.85. The molecule has 0 aromatic heterocycles. The Bertz CT molecular complexity index is 1290. The Morgan fingerprint density at radius 3 is 2.36 bits per heavy atom. The lowest BCUT2D eigenvalue weighted by Gasteiger charge is -2.11. The second-order valence-corrected chi connectivity index (χ2v) is 8.75. The Morgan fingerprint density at radius 1 is 0.909 bits per heavy atom. The highest BCUT2D eigenvalue weighted by molar-refractivity contribution is 7.92. The van der Waals surface area contributed by atoms with Crippen molar-refractivity contribution in [3.8, 4) is 11.5 Å². The number of carbonyl (C=O) groups excluding carboxylic acids is 2. The molecule has 0 amide bonds. The molecule has 0 radical (unpaired) electrons. The van der Waals surface area contributed by atoms with Crippen LogP contribution in [0.4, 0.5) is 5.69 Å². The van der Waals surface area contributed by atoms with Crippen LogP contribution in [0.2, 0.25) is 0 Å². The molecule has 0 fully saturated rings. The van der Waals surface area contributed by atoms with E-state index < -0.39 is 28.4 Å². The minimum Gasteiger partial charge on any atom is -0.497 e. The number of carbonyl (C=O) groups is 2. The summed E-state index contributed by atoms with van der Waals surface area (Å²) in [4.78, 5) is 24.9. The molecule has 0 heterocycles. The number of aryl methyl sites for hydroxylation is 1. The monoisotopic (exact) mass is 469 g/mol. The minimum absolute atomic E-state index is 0.00314. The van der Waals surface area contributed by atoms with E-state index in [9.17, 15) is 18.0 Å². The third kappa shape index (κ3) is 5.89. The van der Waals surface area contributed by atoms with E-state index in [-0.39, 0.29) is 21.8 Å². The second kappa shape index (κ2) is 10.2. The number of Topliss-reactive ketones (excluding diaryl/α,β-unsaturated/α-hetero) is 1. The molecule has 33 heavy (non-hydrogen) atoms. The van der Waals surface area contributed by atoms with Gasteiger partial charge in [-0.1, -0.05) is 18.2 Å². The van der Waals surface area contributed by atoms with Gasteiger partial charge in [-0.3, -0.25) is 9.52 Å². The SMILES string of the molecule is COc1ccc(C(=O)COC(=O)c2cccc(S(=O)(=O)Nc3cccc(C)c3)c2)c(OC)c1. The average Bonchev–Trinajstić information content (AvgIpc) is 2.81. The van der Waals surface area contributed by atoms with Gasteiger partial charge >= 0.3 is 5.97 Å². The molecule has 0 spiro atoms. The molecule has 172 valence electrons. The first kappa shape index (κ1) is 23.8. The first-order chi connectivity index (χ1) is 15.7. The topological polar surface area (TPSA) is 108 Å². The van der Waals surface area contributed by atoms with E-state index in [0.717, 1.165) is 5.56 Å². The molecule has 0 atom stereocenters. The molecule has 3 rings (SSSR count). The number of ether oxygens (including phenoxy) is 3. The van der Waals surface area contributed by atoms with Gasteiger partial charge in [0.2, 0.25) is 5.78 Å². The number of ketones is 1. The first-order valence-corrected chi connectivity index (χ1v) is 11.3. The van der Waals surface area contributed by atoms with Gasteiger partial charge in [-0.2, -0.15) is 0 Å². The average molecular weight is 470 g/mol. The number of sulfonamides is 1. The fraction of sp³-hybridized carbons (Fsp3) is 0.167. The number of methoxy groups -OCH3 is 2. The van der Waals surface area contributed by atoms with E-state index in [0.29, 0.717) is 11.4 Å². The van der Waals surface area contributed by atoms with Crippen LogP contribution in [-0.4, -0.2) is 41.0 Å². The molecule has 0 aliphatic carbocycles. The van der Waals surface area contributed by atoms with Gasteiger partial charge in [0.1, 0.15) is 11.5 Å². The summed E-state index contributed by atoms with van der Waals surface area (Å²) >= 11 is 0. The van der Waals surface area contributed by atoms with Crippen LogP contribution in [0.3, 0.4) is 0 Å². The predicted octanol–water partition coefficient (Wildman–Crippen LogP) is 3.85. The normalized spacial score (nSPS) is 10.9. The van der Waals surface area contributed by atoms with E-state index in [1.54, 1.807) is 30.3 Å². The summed E-state index contributed by atoms with van der Waals surface area (Å²) in [7, 11) is -1.03. The zero-order chi connectivity index (χ0) is 24.0. The second-order valence-electron chi connectivity index (χ2n) is 7.07. The van der Waals surface area contributed by atoms with Crippen LogP contribution in [0.1, 0.15) is 26.3 Å². The summed E-state index contributed by atoms with van der Waals surface area (Å²) in [5, 5.41) is 0. The molecule has 0 unspecified atom stereocenters. The van der Waals surface area contributed by atoms with Crippen molar-refractivity contribution in [1.82, 2.24) is 0 Å². The Labute approximate surface area is 192 Å². The van der Waals surface area contributed by atoms with E-state index in [2.05, 4.69) is 4.72 Å². The van der Waals surface area contributed by atoms with Gasteiger partial charge in [-0.05, 0) is 55.0 Å². The molecular formula is C24H23NO7S. The summed E-state index contributed by atoms with van der Waals surface area (Å²) in [6.07, 6.45) is 0. The van der Waals surface area contributed by atoms with Crippen molar-refractivity contribution in [2.75, 3.05) is 25.5 Å². The zero-order valence-electron chi connectivity index (χ0n) is 18.3. The lowest BCUT2D eigenvalue weighted by Crippen LogP contribution is -2.16. The maximum Gasteiger partial charge on any atom is 0.338 e. The number of nitrogens with one attached hydrogen (secondary N) is 1. The molecule has 3 aromatic carbocycles. The minimum atomic E-state index is -3.93. The molecule has 8 nitrogen and oxygen atoms in total. The smallest absolute Gasteiger partial charge is 0.338 e. The maximum absolute atomic E-state index is 12.7. The number of esters is 1. The van der Waals surface area contributed by atoms with Gasteiger partial charge < -0.3 is 14.2 Å². The highest BCUT2D eigenvalue weighted by Gasteiger charge is 2.19. The maximum atomic E-state index is 12.7. The van der Waals surface area contributed by atoms with Crippen molar-refractivity contribution in [3.63, 3.8) is 0 Å². The molecule has 0 saturated heterocycles. The quantitative estimate of drug-likeness (QED) is 0.375. The molecule has 0 aliphatic rings. The number of rotatable bonds is 9. The fourth-order valence-electron chi connectivity index (χ4n) is 3.03. The van der Waals surface area contributed by atoms with Gasteiger partial charge in [0.25, 0.3) is 10.0 Å². The fourth-order valence-corrected chi connectivity index (χ4v) is 4.13. The summed E-state index contributed by atoms with van der Waals surface area (Å²) in [5.74, 6) is -0.514. The standard InChI is InChI=1S/C24H23NO7S/c1-16-6-4-8-18(12-16)25-33(28,29)20-9-5-7-17(13-20)24(27)32-15-22(26)21-11-10-19(30-2)14-23(21)31-3/h4-14,25H,15H2,1-3H3. The Kier molecular flexibility index (Phi) is 7.34. The summed E-state index contributed by atoms with van der Waals surface area (Å²) < 4.78 is 43.3. The third-order valence-corrected chi connectivity index (χ3v) is 6.07. The van der Waals surface area contributed by atoms with Crippen LogP contribution in [-0.2, 0) is 14.8 Å². The van der Waals surface area contributed by atoms with Crippen LogP contribution in [0, 0.1) is 6.92 Å². The number of benzene rings is 3. The van der Waals surface area contributed by atoms with E-state index >= 15 is 0 Å². The van der Waals surface area contributed by atoms with Crippen molar-refractivity contribution in [2.24, 2.45) is 0 Å². The van der Waals surface area contributed by atoms with Crippen LogP contribution in [0.5, 0.6) is 11.5 Å². The van der Waals surface area contributed by atoms with Crippen molar-refractivity contribution in [1.29, 1.82) is 0 Å². The summed E-state index contributed by atoms with van der Waals surface area (Å²) in [6.45, 7) is 1.30. The molecule has 0 saturated carbocycles. The number of hydrogen-bond donors (Lipinski definition) is 1. The van der Waals surface area contributed by atoms with Gasteiger partial charge in [0.15, 0.2) is 6.61 Å². The van der Waals surface area contributed by atoms with Crippen LogP contribution in [0.25, 0.3) is 0 Å². The highest BCUT2D eigenvalue weighted by Crippen LogP contribution is 2.25. The molecular weight excluding hydrogens is 446 g/mol. The van der Waals surface area contributed by atoms with Crippen molar-refractivity contribution < 1.29 is 32.2 Å². The summed E-state index contributed by atoms with van der Waals surface area (Å²) in [5.41, 5.74) is 1.52. The number of hydrogen-bond acceptors (Lipinski definition) is 7.